The molecule has 3 heteroatoms. The van der Waals surface area contributed by atoms with Crippen LogP contribution in [-0.2, 0) is 6.54 Å². The Morgan fingerprint density at radius 1 is 1.18 bits per heavy atom. The van der Waals surface area contributed by atoms with E-state index in [0.29, 0.717) is 12.1 Å². The van der Waals surface area contributed by atoms with Crippen LogP contribution in [0.15, 0.2) is 18.2 Å². The van der Waals surface area contributed by atoms with Crippen molar-refractivity contribution < 1.29 is 8.78 Å². The summed E-state index contributed by atoms with van der Waals surface area (Å²) in [5, 5.41) is 3.14. The number of hydrogen-bond donors (Lipinski definition) is 1. The average molecular weight is 241 g/mol. The minimum absolute atomic E-state index is 0.346. The molecule has 1 aromatic carbocycles. The third-order valence-electron chi connectivity index (χ3n) is 2.71. The number of benzene rings is 1. The maximum atomic E-state index is 13.2. The van der Waals surface area contributed by atoms with Gasteiger partial charge in [0.15, 0.2) is 0 Å². The van der Waals surface area contributed by atoms with Gasteiger partial charge in [0, 0.05) is 12.1 Å². The van der Waals surface area contributed by atoms with Crippen LogP contribution in [-0.4, -0.2) is 6.54 Å². The van der Waals surface area contributed by atoms with Crippen molar-refractivity contribution >= 4 is 0 Å². The topological polar surface area (TPSA) is 12.0 Å². The Kier molecular flexibility index (Phi) is 6.12. The second-order valence-electron chi connectivity index (χ2n) is 4.80. The van der Waals surface area contributed by atoms with Gasteiger partial charge in [0.2, 0.25) is 0 Å². The highest BCUT2D eigenvalue weighted by molar-refractivity contribution is 5.18. The maximum Gasteiger partial charge on any atom is 0.127 e. The highest BCUT2D eigenvalue weighted by Crippen LogP contribution is 2.09. The lowest BCUT2D eigenvalue weighted by Gasteiger charge is -2.07. The molecular weight excluding hydrogens is 220 g/mol. The molecule has 1 nitrogen and oxygen atoms in total. The summed E-state index contributed by atoms with van der Waals surface area (Å²) in [5.74, 6) is -0.000230. The van der Waals surface area contributed by atoms with E-state index < -0.39 is 0 Å². The van der Waals surface area contributed by atoms with Gasteiger partial charge in [0.05, 0.1) is 0 Å². The van der Waals surface area contributed by atoms with Gasteiger partial charge in [-0.2, -0.15) is 0 Å². The molecule has 0 saturated heterocycles. The molecule has 0 aliphatic heterocycles. The van der Waals surface area contributed by atoms with Crippen LogP contribution in [0.3, 0.4) is 0 Å². The van der Waals surface area contributed by atoms with Crippen LogP contribution in [0.5, 0.6) is 0 Å². The Bertz CT molecular complexity index is 337. The average Bonchev–Trinajstić information content (AvgIpc) is 2.27. The zero-order valence-electron chi connectivity index (χ0n) is 10.6. The number of halogens is 2. The van der Waals surface area contributed by atoms with E-state index in [0.717, 1.165) is 24.9 Å². The van der Waals surface area contributed by atoms with Crippen LogP contribution in [0.4, 0.5) is 8.78 Å². The quantitative estimate of drug-likeness (QED) is 0.714. The SMILES string of the molecule is CC(C)CCCCNCc1cc(F)ccc1F. The number of rotatable bonds is 7. The molecular formula is C14H21F2N. The molecule has 1 rings (SSSR count). The summed E-state index contributed by atoms with van der Waals surface area (Å²) in [4.78, 5) is 0. The third-order valence-corrected chi connectivity index (χ3v) is 2.71. The monoisotopic (exact) mass is 241 g/mol. The largest absolute Gasteiger partial charge is 0.313 e. The van der Waals surface area contributed by atoms with Crippen molar-refractivity contribution in [2.24, 2.45) is 5.92 Å². The lowest BCUT2D eigenvalue weighted by molar-refractivity contribution is 0.515. The predicted molar refractivity (Wildman–Crippen MR) is 66.8 cm³/mol. The van der Waals surface area contributed by atoms with E-state index in [9.17, 15) is 8.78 Å². The molecule has 0 aliphatic rings. The fraction of sp³-hybridized carbons (Fsp3) is 0.571. The van der Waals surface area contributed by atoms with Crippen molar-refractivity contribution in [3.8, 4) is 0 Å². The highest BCUT2D eigenvalue weighted by Gasteiger charge is 2.02. The van der Waals surface area contributed by atoms with Crippen molar-refractivity contribution in [3.05, 3.63) is 35.4 Å². The Morgan fingerprint density at radius 3 is 2.65 bits per heavy atom. The van der Waals surface area contributed by atoms with E-state index in [1.165, 1.54) is 25.0 Å². The zero-order chi connectivity index (χ0) is 12.7. The van der Waals surface area contributed by atoms with Gasteiger partial charge in [-0.15, -0.1) is 0 Å². The van der Waals surface area contributed by atoms with Gasteiger partial charge in [-0.3, -0.25) is 0 Å². The third kappa shape index (κ3) is 5.78. The highest BCUT2D eigenvalue weighted by atomic mass is 19.1. The van der Waals surface area contributed by atoms with Gasteiger partial charge in [-0.1, -0.05) is 26.7 Å². The van der Waals surface area contributed by atoms with Gasteiger partial charge in [0.1, 0.15) is 11.6 Å². The second-order valence-corrected chi connectivity index (χ2v) is 4.80. The molecule has 0 heterocycles. The molecule has 17 heavy (non-hydrogen) atoms. The van der Waals surface area contributed by atoms with E-state index in [1.54, 1.807) is 0 Å². The van der Waals surface area contributed by atoms with Crippen LogP contribution < -0.4 is 5.32 Å². The molecule has 96 valence electrons. The molecule has 0 aromatic heterocycles. The minimum atomic E-state index is -0.386. The van der Waals surface area contributed by atoms with Crippen LogP contribution in [0, 0.1) is 17.6 Å². The summed E-state index contributed by atoms with van der Waals surface area (Å²) in [6, 6.07) is 3.56. The van der Waals surface area contributed by atoms with E-state index >= 15 is 0 Å². The normalized spacial score (nSPS) is 11.1. The van der Waals surface area contributed by atoms with Gasteiger partial charge in [-0.25, -0.2) is 8.78 Å². The number of nitrogens with one attached hydrogen (secondary N) is 1. The summed E-state index contributed by atoms with van der Waals surface area (Å²) in [6.07, 6.45) is 3.47. The van der Waals surface area contributed by atoms with E-state index in [4.69, 9.17) is 0 Å². The lowest BCUT2D eigenvalue weighted by Crippen LogP contribution is -2.15. The van der Waals surface area contributed by atoms with Crippen molar-refractivity contribution in [2.75, 3.05) is 6.54 Å². The molecule has 0 atom stereocenters. The van der Waals surface area contributed by atoms with Crippen LogP contribution >= 0.6 is 0 Å². The van der Waals surface area contributed by atoms with Crippen LogP contribution in [0.1, 0.15) is 38.7 Å². The van der Waals surface area contributed by atoms with Gasteiger partial charge in [-0.05, 0) is 37.1 Å². The van der Waals surface area contributed by atoms with E-state index in [-0.39, 0.29) is 11.6 Å². The summed E-state index contributed by atoms with van der Waals surface area (Å²) < 4.78 is 26.1. The molecule has 0 bridgehead atoms. The number of hydrogen-bond acceptors (Lipinski definition) is 1. The second kappa shape index (κ2) is 7.38. The predicted octanol–water partition coefficient (Wildman–Crippen LogP) is 3.88. The van der Waals surface area contributed by atoms with Gasteiger partial charge >= 0.3 is 0 Å². The molecule has 0 spiro atoms. The molecule has 0 radical (unpaired) electrons. The standard InChI is InChI=1S/C14H21F2N/c1-11(2)5-3-4-8-17-10-12-9-13(15)6-7-14(12)16/h6-7,9,11,17H,3-5,8,10H2,1-2H3. The molecule has 0 aliphatic carbocycles. The Labute approximate surface area is 102 Å². The van der Waals surface area contributed by atoms with Crippen molar-refractivity contribution in [1.82, 2.24) is 5.32 Å². The fourth-order valence-corrected chi connectivity index (χ4v) is 1.70. The Balaban J connectivity index is 2.20. The smallest absolute Gasteiger partial charge is 0.127 e. The molecule has 1 N–H and O–H groups in total. The van der Waals surface area contributed by atoms with Crippen LogP contribution in [0.25, 0.3) is 0 Å². The van der Waals surface area contributed by atoms with E-state index in [2.05, 4.69) is 19.2 Å². The van der Waals surface area contributed by atoms with Crippen LogP contribution in [0.2, 0.25) is 0 Å². The van der Waals surface area contributed by atoms with Gasteiger partial charge in [0.25, 0.3) is 0 Å². The lowest BCUT2D eigenvalue weighted by atomic mass is 10.1. The summed E-state index contributed by atoms with van der Waals surface area (Å²) >= 11 is 0. The summed E-state index contributed by atoms with van der Waals surface area (Å²) in [7, 11) is 0. The summed E-state index contributed by atoms with van der Waals surface area (Å²) in [6.45, 7) is 5.65. The molecule has 0 amide bonds. The zero-order valence-corrected chi connectivity index (χ0v) is 10.6. The van der Waals surface area contributed by atoms with Crippen molar-refractivity contribution in [2.45, 2.75) is 39.7 Å². The van der Waals surface area contributed by atoms with Crippen molar-refractivity contribution in [3.63, 3.8) is 0 Å². The molecule has 0 saturated carbocycles. The summed E-state index contributed by atoms with van der Waals surface area (Å²) in [5.41, 5.74) is 0.397. The van der Waals surface area contributed by atoms with E-state index in [1.807, 2.05) is 0 Å². The van der Waals surface area contributed by atoms with Crippen molar-refractivity contribution in [1.29, 1.82) is 0 Å². The first-order valence-electron chi connectivity index (χ1n) is 6.24. The first-order chi connectivity index (χ1) is 8.09. The first-order valence-corrected chi connectivity index (χ1v) is 6.24. The van der Waals surface area contributed by atoms with Gasteiger partial charge < -0.3 is 5.32 Å². The molecule has 1 aromatic rings. The fourth-order valence-electron chi connectivity index (χ4n) is 1.70. The number of unbranched alkanes of at least 4 members (excludes halogenated alkanes) is 1. The first kappa shape index (κ1) is 14.1. The maximum absolute atomic E-state index is 13.2. The Hall–Kier alpha value is -0.960. The molecule has 0 fully saturated rings. The minimum Gasteiger partial charge on any atom is -0.313 e. The Morgan fingerprint density at radius 2 is 1.94 bits per heavy atom. The molecule has 0 unspecified atom stereocenters.